The van der Waals surface area contributed by atoms with E-state index in [0.29, 0.717) is 18.8 Å². The van der Waals surface area contributed by atoms with Gasteiger partial charge in [0, 0.05) is 11.5 Å². The second-order valence-electron chi connectivity index (χ2n) is 6.71. The maximum absolute atomic E-state index is 8.89. The van der Waals surface area contributed by atoms with Gasteiger partial charge in [-0.05, 0) is 48.9 Å². The Hall–Kier alpha value is -2.41. The molecular weight excluding hydrogens is 322 g/mol. The zero-order chi connectivity index (χ0) is 18.2. The molecule has 2 aromatic carbocycles. The topological polar surface area (TPSA) is 42.2 Å². The summed E-state index contributed by atoms with van der Waals surface area (Å²) >= 11 is 0. The number of nitrogens with zero attached hydrogens (tertiary/aromatic N) is 1. The van der Waals surface area contributed by atoms with E-state index >= 15 is 0 Å². The first-order valence-electron chi connectivity index (χ1n) is 9.23. The molecule has 0 unspecified atom stereocenters. The molecule has 2 aromatic rings. The molecule has 0 bridgehead atoms. The molecule has 0 radical (unpaired) electrons. The predicted molar refractivity (Wildman–Crippen MR) is 103 cm³/mol. The van der Waals surface area contributed by atoms with Crippen molar-refractivity contribution in [3.63, 3.8) is 0 Å². The fourth-order valence-corrected chi connectivity index (χ4v) is 3.18. The van der Waals surface area contributed by atoms with Crippen molar-refractivity contribution in [2.75, 3.05) is 13.2 Å². The van der Waals surface area contributed by atoms with E-state index < -0.39 is 0 Å². The fourth-order valence-electron chi connectivity index (χ4n) is 3.18. The van der Waals surface area contributed by atoms with Crippen molar-refractivity contribution in [1.29, 1.82) is 5.26 Å². The van der Waals surface area contributed by atoms with Gasteiger partial charge in [0.1, 0.15) is 0 Å². The molecule has 0 N–H and O–H groups in total. The standard InChI is InChI=1S/C23H25NO2/c1-2-3-4-5-6-18-7-13-21(14-8-18)23-25-16-22(17-26-23)20-11-9-19(15-24)10-12-20/h2,7-14,22-23H,1,3-6,16-17H2. The van der Waals surface area contributed by atoms with Crippen molar-refractivity contribution in [3.8, 4) is 6.07 Å². The van der Waals surface area contributed by atoms with Gasteiger partial charge in [-0.15, -0.1) is 6.58 Å². The number of unbranched alkanes of at least 4 members (excludes halogenated alkanes) is 2. The molecule has 3 nitrogen and oxygen atoms in total. The summed E-state index contributed by atoms with van der Waals surface area (Å²) in [5.41, 5.74) is 4.24. The molecule has 134 valence electrons. The molecule has 0 amide bonds. The smallest absolute Gasteiger partial charge is 0.183 e. The van der Waals surface area contributed by atoms with E-state index in [-0.39, 0.29) is 12.2 Å². The SMILES string of the molecule is C=CCCCCc1ccc(C2OCC(c3ccc(C#N)cc3)CO2)cc1. The number of rotatable bonds is 7. The van der Waals surface area contributed by atoms with Gasteiger partial charge in [0.2, 0.25) is 0 Å². The lowest BCUT2D eigenvalue weighted by Gasteiger charge is -2.30. The zero-order valence-corrected chi connectivity index (χ0v) is 15.1. The highest BCUT2D eigenvalue weighted by Gasteiger charge is 2.24. The maximum atomic E-state index is 8.89. The average Bonchev–Trinajstić information content (AvgIpc) is 2.72. The van der Waals surface area contributed by atoms with Crippen LogP contribution in [-0.2, 0) is 15.9 Å². The Morgan fingerprint density at radius 3 is 2.23 bits per heavy atom. The van der Waals surface area contributed by atoms with Crippen LogP contribution < -0.4 is 0 Å². The third kappa shape index (κ3) is 4.82. The summed E-state index contributed by atoms with van der Waals surface area (Å²) in [6, 6.07) is 18.3. The molecule has 1 aliphatic rings. The zero-order valence-electron chi connectivity index (χ0n) is 15.1. The average molecular weight is 347 g/mol. The van der Waals surface area contributed by atoms with Crippen LogP contribution in [0.2, 0.25) is 0 Å². The molecule has 0 spiro atoms. The van der Waals surface area contributed by atoms with Gasteiger partial charge in [-0.2, -0.15) is 5.26 Å². The van der Waals surface area contributed by atoms with Gasteiger partial charge >= 0.3 is 0 Å². The van der Waals surface area contributed by atoms with Crippen LogP contribution in [0.5, 0.6) is 0 Å². The molecule has 1 fully saturated rings. The van der Waals surface area contributed by atoms with Gasteiger partial charge < -0.3 is 9.47 Å². The molecule has 0 aromatic heterocycles. The van der Waals surface area contributed by atoms with Crippen LogP contribution in [0.15, 0.2) is 61.2 Å². The van der Waals surface area contributed by atoms with E-state index in [9.17, 15) is 0 Å². The summed E-state index contributed by atoms with van der Waals surface area (Å²) in [6.45, 7) is 5.01. The van der Waals surface area contributed by atoms with Gasteiger partial charge in [0.25, 0.3) is 0 Å². The van der Waals surface area contributed by atoms with E-state index in [1.54, 1.807) is 0 Å². The maximum Gasteiger partial charge on any atom is 0.183 e. The van der Waals surface area contributed by atoms with Crippen LogP contribution >= 0.6 is 0 Å². The number of nitriles is 1. The first-order chi connectivity index (χ1) is 12.8. The highest BCUT2D eigenvalue weighted by Crippen LogP contribution is 2.30. The van der Waals surface area contributed by atoms with Gasteiger partial charge in [0.15, 0.2) is 6.29 Å². The van der Waals surface area contributed by atoms with E-state index in [4.69, 9.17) is 14.7 Å². The predicted octanol–water partition coefficient (Wildman–Crippen LogP) is 5.29. The van der Waals surface area contributed by atoms with Gasteiger partial charge in [-0.1, -0.05) is 42.5 Å². The number of allylic oxidation sites excluding steroid dienone is 1. The van der Waals surface area contributed by atoms with Crippen molar-refractivity contribution >= 4 is 0 Å². The summed E-state index contributed by atoms with van der Waals surface area (Å²) in [4.78, 5) is 0. The molecule has 3 heteroatoms. The van der Waals surface area contributed by atoms with Gasteiger partial charge in [-0.3, -0.25) is 0 Å². The van der Waals surface area contributed by atoms with Crippen molar-refractivity contribution in [1.82, 2.24) is 0 Å². The minimum Gasteiger partial charge on any atom is -0.348 e. The highest BCUT2D eigenvalue weighted by atomic mass is 16.7. The molecule has 3 rings (SSSR count). The number of hydrogen-bond acceptors (Lipinski definition) is 3. The van der Waals surface area contributed by atoms with Crippen LogP contribution in [-0.4, -0.2) is 13.2 Å². The van der Waals surface area contributed by atoms with Crippen LogP contribution in [0, 0.1) is 11.3 Å². The lowest BCUT2D eigenvalue weighted by molar-refractivity contribution is -0.191. The lowest BCUT2D eigenvalue weighted by atomic mass is 9.99. The minimum absolute atomic E-state index is 0.211. The number of aryl methyl sites for hydroxylation is 1. The van der Waals surface area contributed by atoms with Crippen LogP contribution in [0.3, 0.4) is 0 Å². The quantitative estimate of drug-likeness (QED) is 0.505. The summed E-state index contributed by atoms with van der Waals surface area (Å²) in [5.74, 6) is 0.211. The summed E-state index contributed by atoms with van der Waals surface area (Å²) in [5, 5.41) is 8.89. The monoisotopic (exact) mass is 347 g/mol. The number of ether oxygens (including phenoxy) is 2. The van der Waals surface area contributed by atoms with E-state index in [1.807, 2.05) is 30.3 Å². The van der Waals surface area contributed by atoms with Crippen LogP contribution in [0.25, 0.3) is 0 Å². The number of benzene rings is 2. The lowest BCUT2D eigenvalue weighted by Crippen LogP contribution is -2.25. The fraction of sp³-hybridized carbons (Fsp3) is 0.348. The van der Waals surface area contributed by atoms with E-state index in [0.717, 1.165) is 24.0 Å². The first-order valence-corrected chi connectivity index (χ1v) is 9.23. The molecule has 0 saturated carbocycles. The summed E-state index contributed by atoms with van der Waals surface area (Å²) < 4.78 is 11.9. The molecule has 26 heavy (non-hydrogen) atoms. The van der Waals surface area contributed by atoms with Crippen LogP contribution in [0.1, 0.15) is 53.7 Å². The van der Waals surface area contributed by atoms with E-state index in [2.05, 4.69) is 36.9 Å². The Morgan fingerprint density at radius 1 is 0.962 bits per heavy atom. The molecule has 1 aliphatic heterocycles. The molecule has 0 aliphatic carbocycles. The van der Waals surface area contributed by atoms with Crippen LogP contribution in [0.4, 0.5) is 0 Å². The van der Waals surface area contributed by atoms with Crippen molar-refractivity contribution < 1.29 is 9.47 Å². The van der Waals surface area contributed by atoms with Crippen molar-refractivity contribution in [3.05, 3.63) is 83.4 Å². The minimum atomic E-state index is -0.292. The molecule has 1 heterocycles. The van der Waals surface area contributed by atoms with Gasteiger partial charge in [0.05, 0.1) is 24.8 Å². The normalized spacial score (nSPS) is 19.7. The van der Waals surface area contributed by atoms with E-state index in [1.165, 1.54) is 18.4 Å². The number of hydrogen-bond donors (Lipinski definition) is 0. The summed E-state index contributed by atoms with van der Waals surface area (Å²) in [7, 11) is 0. The highest BCUT2D eigenvalue weighted by molar-refractivity contribution is 5.33. The molecule has 0 atom stereocenters. The second kappa shape index (κ2) is 9.33. The van der Waals surface area contributed by atoms with Gasteiger partial charge in [-0.25, -0.2) is 0 Å². The second-order valence-corrected chi connectivity index (χ2v) is 6.71. The third-order valence-electron chi connectivity index (χ3n) is 4.78. The first kappa shape index (κ1) is 18.4. The Kier molecular flexibility index (Phi) is 6.60. The Morgan fingerprint density at radius 2 is 1.62 bits per heavy atom. The Bertz CT molecular complexity index is 735. The van der Waals surface area contributed by atoms with Crippen molar-refractivity contribution in [2.24, 2.45) is 0 Å². The van der Waals surface area contributed by atoms with Crippen molar-refractivity contribution in [2.45, 2.75) is 37.9 Å². The Balaban J connectivity index is 1.51. The Labute approximate surface area is 155 Å². The largest absolute Gasteiger partial charge is 0.348 e. The molecule has 1 saturated heterocycles. The summed E-state index contributed by atoms with van der Waals surface area (Å²) in [6.07, 6.45) is 6.25. The third-order valence-corrected chi connectivity index (χ3v) is 4.78. The molecular formula is C23H25NO2.